The second kappa shape index (κ2) is 7.54. The predicted molar refractivity (Wildman–Crippen MR) is 115 cm³/mol. The van der Waals surface area contributed by atoms with E-state index in [2.05, 4.69) is 107 Å². The van der Waals surface area contributed by atoms with Crippen LogP contribution in [0, 0.1) is 11.8 Å². The van der Waals surface area contributed by atoms with Crippen LogP contribution in [0.5, 0.6) is 0 Å². The molecule has 1 aliphatic carbocycles. The Morgan fingerprint density at radius 1 is 0.885 bits per heavy atom. The van der Waals surface area contributed by atoms with Gasteiger partial charge in [0.05, 0.1) is 6.10 Å². The molecule has 0 spiro atoms. The van der Waals surface area contributed by atoms with Gasteiger partial charge in [-0.3, -0.25) is 0 Å². The van der Waals surface area contributed by atoms with Crippen LogP contribution in [-0.2, 0) is 4.43 Å². The Morgan fingerprint density at radius 2 is 1.38 bits per heavy atom. The fraction of sp³-hybridized carbons (Fsp3) is 0.417. The van der Waals surface area contributed by atoms with E-state index in [4.69, 9.17) is 4.43 Å². The van der Waals surface area contributed by atoms with Crippen LogP contribution in [0.4, 0.5) is 0 Å². The molecule has 0 aliphatic heterocycles. The molecular formula is C24H32OSi. The normalized spacial score (nSPS) is 20.7. The standard InChI is InChI=1S/C24H32OSi/c1-19(2)22-17-12-18-23(22)25-26(24(3,4)5,20-13-8-6-9-14-20)21-15-10-7-11-16-21/h6-17,19,22-23H,18H2,1-5H3/t22-,23-/m1/s1. The minimum Gasteiger partial charge on any atom is -0.404 e. The second-order valence-corrected chi connectivity index (χ2v) is 13.1. The van der Waals surface area contributed by atoms with Crippen molar-refractivity contribution in [1.29, 1.82) is 0 Å². The van der Waals surface area contributed by atoms with Crippen LogP contribution < -0.4 is 10.4 Å². The van der Waals surface area contributed by atoms with E-state index in [-0.39, 0.29) is 11.1 Å². The minimum atomic E-state index is -2.44. The largest absolute Gasteiger partial charge is 0.404 e. The van der Waals surface area contributed by atoms with Crippen LogP contribution >= 0.6 is 0 Å². The summed E-state index contributed by atoms with van der Waals surface area (Å²) < 4.78 is 7.29. The minimum absolute atomic E-state index is 0.0415. The van der Waals surface area contributed by atoms with E-state index in [1.165, 1.54) is 10.4 Å². The molecule has 0 heterocycles. The van der Waals surface area contributed by atoms with Gasteiger partial charge in [-0.25, -0.2) is 0 Å². The third-order valence-electron chi connectivity index (χ3n) is 5.67. The molecule has 2 atom stereocenters. The fourth-order valence-electron chi connectivity index (χ4n) is 4.35. The number of hydrogen-bond donors (Lipinski definition) is 0. The van der Waals surface area contributed by atoms with Crippen LogP contribution in [0.1, 0.15) is 41.0 Å². The van der Waals surface area contributed by atoms with Gasteiger partial charge in [-0.05, 0) is 27.8 Å². The highest BCUT2D eigenvalue weighted by molar-refractivity contribution is 6.99. The highest BCUT2D eigenvalue weighted by atomic mass is 28.4. The van der Waals surface area contributed by atoms with E-state index in [1.54, 1.807) is 0 Å². The zero-order valence-electron chi connectivity index (χ0n) is 16.8. The van der Waals surface area contributed by atoms with Crippen LogP contribution in [0.15, 0.2) is 72.8 Å². The van der Waals surface area contributed by atoms with Crippen molar-refractivity contribution in [2.75, 3.05) is 0 Å². The number of rotatable bonds is 5. The average Bonchev–Trinajstić information content (AvgIpc) is 3.08. The van der Waals surface area contributed by atoms with Crippen molar-refractivity contribution in [3.63, 3.8) is 0 Å². The molecule has 0 radical (unpaired) electrons. The summed E-state index contributed by atoms with van der Waals surface area (Å²) in [5, 5.41) is 2.78. The van der Waals surface area contributed by atoms with Gasteiger partial charge in [-0.15, -0.1) is 0 Å². The lowest BCUT2D eigenvalue weighted by atomic mass is 9.93. The molecule has 0 bridgehead atoms. The van der Waals surface area contributed by atoms with E-state index < -0.39 is 8.32 Å². The molecule has 138 valence electrons. The van der Waals surface area contributed by atoms with Crippen LogP contribution in [0.2, 0.25) is 5.04 Å². The SMILES string of the molecule is CC(C)[C@H]1C=CC[C@H]1O[Si](c1ccccc1)(c1ccccc1)C(C)(C)C. The van der Waals surface area contributed by atoms with Crippen molar-refractivity contribution in [3.8, 4) is 0 Å². The Hall–Kier alpha value is -1.64. The summed E-state index contributed by atoms with van der Waals surface area (Å²) in [5.41, 5.74) is 0. The molecule has 0 fully saturated rings. The van der Waals surface area contributed by atoms with Gasteiger partial charge < -0.3 is 4.43 Å². The van der Waals surface area contributed by atoms with Crippen molar-refractivity contribution in [2.24, 2.45) is 11.8 Å². The van der Waals surface area contributed by atoms with Crippen molar-refractivity contribution < 1.29 is 4.43 Å². The Kier molecular flexibility index (Phi) is 5.54. The molecule has 1 nitrogen and oxygen atoms in total. The molecule has 0 aromatic heterocycles. The Bertz CT molecular complexity index is 688. The van der Waals surface area contributed by atoms with Crippen molar-refractivity contribution in [1.82, 2.24) is 0 Å². The average molecular weight is 365 g/mol. The van der Waals surface area contributed by atoms with Gasteiger partial charge in [0.15, 0.2) is 0 Å². The molecule has 0 saturated carbocycles. The molecule has 2 aromatic carbocycles. The first-order valence-electron chi connectivity index (χ1n) is 9.82. The topological polar surface area (TPSA) is 9.23 Å². The molecule has 26 heavy (non-hydrogen) atoms. The Morgan fingerprint density at radius 3 is 1.81 bits per heavy atom. The predicted octanol–water partition coefficient (Wildman–Crippen LogP) is 5.16. The van der Waals surface area contributed by atoms with Gasteiger partial charge in [-0.1, -0.05) is 107 Å². The van der Waals surface area contributed by atoms with E-state index in [0.29, 0.717) is 11.8 Å². The van der Waals surface area contributed by atoms with Gasteiger partial charge >= 0.3 is 0 Å². The van der Waals surface area contributed by atoms with Crippen molar-refractivity contribution in [2.45, 2.75) is 52.2 Å². The van der Waals surface area contributed by atoms with Gasteiger partial charge in [0, 0.05) is 5.92 Å². The second-order valence-electron chi connectivity index (χ2n) is 8.80. The van der Waals surface area contributed by atoms with Crippen molar-refractivity contribution in [3.05, 3.63) is 72.8 Å². The molecule has 2 heteroatoms. The van der Waals surface area contributed by atoms with E-state index in [0.717, 1.165) is 6.42 Å². The van der Waals surface area contributed by atoms with E-state index in [1.807, 2.05) is 0 Å². The first kappa shape index (κ1) is 19.1. The van der Waals surface area contributed by atoms with Gasteiger partial charge in [0.25, 0.3) is 8.32 Å². The lowest BCUT2D eigenvalue weighted by molar-refractivity contribution is 0.134. The smallest absolute Gasteiger partial charge is 0.261 e. The molecule has 0 saturated heterocycles. The van der Waals surface area contributed by atoms with E-state index in [9.17, 15) is 0 Å². The van der Waals surface area contributed by atoms with Crippen LogP contribution in [0.25, 0.3) is 0 Å². The zero-order valence-corrected chi connectivity index (χ0v) is 17.8. The first-order chi connectivity index (χ1) is 12.4. The summed E-state index contributed by atoms with van der Waals surface area (Å²) in [5.74, 6) is 1.09. The third kappa shape index (κ3) is 3.45. The maximum atomic E-state index is 7.29. The molecule has 0 amide bonds. The molecule has 0 unspecified atom stereocenters. The lowest BCUT2D eigenvalue weighted by Crippen LogP contribution is -2.68. The Balaban J connectivity index is 2.15. The Labute approximate surface area is 160 Å². The lowest BCUT2D eigenvalue weighted by Gasteiger charge is -2.46. The summed E-state index contributed by atoms with van der Waals surface area (Å²) >= 11 is 0. The van der Waals surface area contributed by atoms with Gasteiger partial charge in [-0.2, -0.15) is 0 Å². The van der Waals surface area contributed by atoms with Crippen LogP contribution in [-0.4, -0.2) is 14.4 Å². The van der Waals surface area contributed by atoms with Gasteiger partial charge in [0.1, 0.15) is 0 Å². The third-order valence-corrected chi connectivity index (χ3v) is 10.7. The van der Waals surface area contributed by atoms with Crippen molar-refractivity contribution >= 4 is 18.7 Å². The zero-order chi connectivity index (χ0) is 18.8. The summed E-state index contributed by atoms with van der Waals surface area (Å²) in [7, 11) is -2.44. The molecule has 1 aliphatic rings. The molecule has 3 rings (SSSR count). The summed E-state index contributed by atoms with van der Waals surface area (Å²) in [6, 6.07) is 21.9. The number of hydrogen-bond acceptors (Lipinski definition) is 1. The first-order valence-corrected chi connectivity index (χ1v) is 11.7. The number of benzene rings is 2. The fourth-order valence-corrected chi connectivity index (χ4v) is 9.07. The quantitative estimate of drug-likeness (QED) is 0.526. The maximum absolute atomic E-state index is 7.29. The highest BCUT2D eigenvalue weighted by Gasteiger charge is 2.52. The maximum Gasteiger partial charge on any atom is 0.261 e. The molecule has 0 N–H and O–H groups in total. The van der Waals surface area contributed by atoms with Crippen LogP contribution in [0.3, 0.4) is 0 Å². The monoisotopic (exact) mass is 364 g/mol. The summed E-state index contributed by atoms with van der Waals surface area (Å²) in [6.07, 6.45) is 5.97. The summed E-state index contributed by atoms with van der Waals surface area (Å²) in [6.45, 7) is 11.7. The molecule has 2 aromatic rings. The van der Waals surface area contributed by atoms with E-state index >= 15 is 0 Å². The molecular weight excluding hydrogens is 332 g/mol. The van der Waals surface area contributed by atoms with Gasteiger partial charge in [0.2, 0.25) is 0 Å². The highest BCUT2D eigenvalue weighted by Crippen LogP contribution is 2.40. The summed E-state index contributed by atoms with van der Waals surface area (Å²) in [4.78, 5) is 0.